The Bertz CT molecular complexity index is 1410. The molecule has 0 unspecified atom stereocenters. The minimum Gasteiger partial charge on any atom is -0.507 e. The molecule has 0 spiro atoms. The van der Waals surface area contributed by atoms with Crippen LogP contribution in [0.5, 0.6) is 5.75 Å². The number of aromatic nitrogens is 2. The van der Waals surface area contributed by atoms with Crippen LogP contribution >= 0.6 is 0 Å². The quantitative estimate of drug-likeness (QED) is 0.386. The van der Waals surface area contributed by atoms with Gasteiger partial charge in [-0.1, -0.05) is 26.0 Å². The SMILES string of the molecule is COCC(C)(C)c1c(-c2ccc(C(=O)O)cc2)c2c(O)cc(F)cc2n1-c1ccc(F)c(C)n1. The molecule has 0 saturated heterocycles. The summed E-state index contributed by atoms with van der Waals surface area (Å²) in [5.41, 5.74) is 1.78. The number of pyridine rings is 1. The molecule has 2 N–H and O–H groups in total. The van der Waals surface area contributed by atoms with Gasteiger partial charge in [-0.25, -0.2) is 18.6 Å². The second kappa shape index (κ2) is 8.53. The van der Waals surface area contributed by atoms with Gasteiger partial charge in [0.15, 0.2) is 0 Å². The van der Waals surface area contributed by atoms with E-state index in [0.717, 1.165) is 6.07 Å². The molecule has 2 aromatic heterocycles. The number of nitrogens with zero attached hydrogens (tertiary/aromatic N) is 2. The molecule has 0 aliphatic heterocycles. The second-order valence-corrected chi connectivity index (χ2v) is 8.81. The first-order valence-corrected chi connectivity index (χ1v) is 10.6. The maximum atomic E-state index is 14.5. The van der Waals surface area contributed by atoms with E-state index in [9.17, 15) is 23.8 Å². The summed E-state index contributed by atoms with van der Waals surface area (Å²) in [7, 11) is 1.56. The third-order valence-corrected chi connectivity index (χ3v) is 5.82. The molecular formula is C26H24F2N2O4. The molecule has 4 aromatic rings. The fourth-order valence-corrected chi connectivity index (χ4v) is 4.39. The number of phenols is 1. The molecule has 0 amide bonds. The predicted molar refractivity (Wildman–Crippen MR) is 125 cm³/mol. The van der Waals surface area contributed by atoms with Crippen molar-refractivity contribution in [1.82, 2.24) is 9.55 Å². The first kappa shape index (κ1) is 23.4. The smallest absolute Gasteiger partial charge is 0.335 e. The van der Waals surface area contributed by atoms with Crippen LogP contribution in [0, 0.1) is 18.6 Å². The van der Waals surface area contributed by atoms with Gasteiger partial charge in [0.25, 0.3) is 0 Å². The molecule has 0 radical (unpaired) electrons. The Hall–Kier alpha value is -3.78. The van der Waals surface area contributed by atoms with Crippen molar-refractivity contribution in [3.05, 3.63) is 77.1 Å². The molecule has 0 fully saturated rings. The van der Waals surface area contributed by atoms with Crippen molar-refractivity contribution in [2.75, 3.05) is 13.7 Å². The van der Waals surface area contributed by atoms with Crippen LogP contribution in [0.3, 0.4) is 0 Å². The Morgan fingerprint density at radius 2 is 1.79 bits per heavy atom. The van der Waals surface area contributed by atoms with Crippen LogP contribution in [0.4, 0.5) is 8.78 Å². The van der Waals surface area contributed by atoms with Crippen molar-refractivity contribution >= 4 is 16.9 Å². The second-order valence-electron chi connectivity index (χ2n) is 8.81. The average molecular weight is 466 g/mol. The van der Waals surface area contributed by atoms with Crippen molar-refractivity contribution in [3.63, 3.8) is 0 Å². The molecule has 176 valence electrons. The van der Waals surface area contributed by atoms with E-state index in [-0.39, 0.29) is 23.6 Å². The summed E-state index contributed by atoms with van der Waals surface area (Å²) in [5, 5.41) is 20.5. The lowest BCUT2D eigenvalue weighted by molar-refractivity contribution is 0.0697. The summed E-state index contributed by atoms with van der Waals surface area (Å²) in [6, 6.07) is 11.3. The van der Waals surface area contributed by atoms with E-state index in [1.807, 2.05) is 13.8 Å². The Kier molecular flexibility index (Phi) is 5.87. The zero-order valence-electron chi connectivity index (χ0n) is 19.2. The van der Waals surface area contributed by atoms with Crippen molar-refractivity contribution in [1.29, 1.82) is 0 Å². The van der Waals surface area contributed by atoms with E-state index in [1.165, 1.54) is 37.3 Å². The third-order valence-electron chi connectivity index (χ3n) is 5.82. The Morgan fingerprint density at radius 3 is 2.38 bits per heavy atom. The van der Waals surface area contributed by atoms with Gasteiger partial charge >= 0.3 is 5.97 Å². The minimum absolute atomic E-state index is 0.108. The summed E-state index contributed by atoms with van der Waals surface area (Å²) in [4.78, 5) is 15.8. The number of phenolic OH excluding ortho intramolecular Hbond substituents is 1. The molecule has 0 aliphatic rings. The number of aromatic carboxylic acids is 1. The van der Waals surface area contributed by atoms with Crippen LogP contribution in [-0.4, -0.2) is 39.5 Å². The number of methoxy groups -OCH3 is 1. The lowest BCUT2D eigenvalue weighted by atomic mass is 9.84. The lowest BCUT2D eigenvalue weighted by Crippen LogP contribution is -2.27. The topological polar surface area (TPSA) is 84.6 Å². The van der Waals surface area contributed by atoms with Gasteiger partial charge in [0.05, 0.1) is 28.8 Å². The van der Waals surface area contributed by atoms with E-state index in [4.69, 9.17) is 4.74 Å². The van der Waals surface area contributed by atoms with E-state index < -0.39 is 23.0 Å². The molecule has 0 atom stereocenters. The lowest BCUT2D eigenvalue weighted by Gasteiger charge is -2.28. The number of hydrogen-bond donors (Lipinski definition) is 2. The van der Waals surface area contributed by atoms with Crippen LogP contribution in [0.25, 0.3) is 27.8 Å². The Balaban J connectivity index is 2.19. The summed E-state index contributed by atoms with van der Waals surface area (Å²) in [6.45, 7) is 5.67. The van der Waals surface area contributed by atoms with Crippen molar-refractivity contribution in [2.24, 2.45) is 0 Å². The minimum atomic E-state index is -1.06. The molecular weight excluding hydrogens is 442 g/mol. The number of benzene rings is 2. The van der Waals surface area contributed by atoms with Gasteiger partial charge < -0.3 is 14.9 Å². The van der Waals surface area contributed by atoms with Crippen LogP contribution < -0.4 is 0 Å². The van der Waals surface area contributed by atoms with E-state index in [1.54, 1.807) is 23.8 Å². The summed E-state index contributed by atoms with van der Waals surface area (Å²) in [6.07, 6.45) is 0. The number of rotatable bonds is 6. The van der Waals surface area contributed by atoms with Crippen LogP contribution in [0.1, 0.15) is 35.6 Å². The fraction of sp³-hybridized carbons (Fsp3) is 0.231. The monoisotopic (exact) mass is 466 g/mol. The Morgan fingerprint density at radius 1 is 1.12 bits per heavy atom. The molecule has 6 nitrogen and oxygen atoms in total. The number of halogens is 2. The van der Waals surface area contributed by atoms with Crippen LogP contribution in [-0.2, 0) is 10.2 Å². The number of carboxylic acid groups (broad SMARTS) is 1. The molecule has 4 rings (SSSR count). The highest BCUT2D eigenvalue weighted by atomic mass is 19.1. The van der Waals surface area contributed by atoms with Crippen molar-refractivity contribution in [2.45, 2.75) is 26.2 Å². The number of hydrogen-bond acceptors (Lipinski definition) is 4. The van der Waals surface area contributed by atoms with Gasteiger partial charge in [-0.05, 0) is 42.8 Å². The van der Waals surface area contributed by atoms with Crippen molar-refractivity contribution in [3.8, 4) is 22.7 Å². The van der Waals surface area contributed by atoms with Crippen molar-refractivity contribution < 1.29 is 28.5 Å². The standard InChI is InChI=1S/C26H24F2N2O4/c1-14-18(28)9-10-21(29-14)30-19-11-17(27)12-20(31)23(19)22(24(30)26(2,3)13-34-4)15-5-7-16(8-6-15)25(32)33/h5-12,31H,13H2,1-4H3,(H,32,33). The number of ether oxygens (including phenoxy) is 1. The van der Waals surface area contributed by atoms with Gasteiger partial charge in [0, 0.05) is 29.8 Å². The largest absolute Gasteiger partial charge is 0.507 e. The van der Waals surface area contributed by atoms with Gasteiger partial charge in [-0.2, -0.15) is 0 Å². The number of aryl methyl sites for hydroxylation is 1. The zero-order chi connectivity index (χ0) is 24.8. The highest BCUT2D eigenvalue weighted by molar-refractivity contribution is 6.04. The number of carboxylic acids is 1. The molecule has 0 aliphatic carbocycles. The first-order chi connectivity index (χ1) is 16.0. The maximum absolute atomic E-state index is 14.5. The summed E-state index contributed by atoms with van der Waals surface area (Å²) < 4.78 is 35.7. The highest BCUT2D eigenvalue weighted by Crippen LogP contribution is 2.46. The average Bonchev–Trinajstić information content (AvgIpc) is 3.12. The predicted octanol–water partition coefficient (Wildman–Crippen LogP) is 5.61. The first-order valence-electron chi connectivity index (χ1n) is 10.6. The molecule has 2 aromatic carbocycles. The molecule has 8 heteroatoms. The van der Waals surface area contributed by atoms with E-state index >= 15 is 0 Å². The zero-order valence-corrected chi connectivity index (χ0v) is 19.2. The molecule has 0 saturated carbocycles. The van der Waals surface area contributed by atoms with Gasteiger partial charge in [0.2, 0.25) is 0 Å². The molecule has 34 heavy (non-hydrogen) atoms. The molecule has 0 bridgehead atoms. The normalized spacial score (nSPS) is 11.8. The number of fused-ring (bicyclic) bond motifs is 1. The highest BCUT2D eigenvalue weighted by Gasteiger charge is 2.34. The van der Waals surface area contributed by atoms with Gasteiger partial charge in [0.1, 0.15) is 23.2 Å². The fourth-order valence-electron chi connectivity index (χ4n) is 4.39. The molecule has 2 heterocycles. The number of carbonyl (C=O) groups is 1. The Labute approximate surface area is 195 Å². The van der Waals surface area contributed by atoms with Gasteiger partial charge in [-0.15, -0.1) is 0 Å². The van der Waals surface area contributed by atoms with Gasteiger partial charge in [-0.3, -0.25) is 4.57 Å². The third kappa shape index (κ3) is 3.90. The van der Waals surface area contributed by atoms with E-state index in [0.29, 0.717) is 33.5 Å². The van der Waals surface area contributed by atoms with Crippen LogP contribution in [0.2, 0.25) is 0 Å². The number of aromatic hydroxyl groups is 1. The summed E-state index contributed by atoms with van der Waals surface area (Å²) >= 11 is 0. The van der Waals surface area contributed by atoms with Crippen LogP contribution in [0.15, 0.2) is 48.5 Å². The summed E-state index contributed by atoms with van der Waals surface area (Å²) in [5.74, 6) is -2.12. The maximum Gasteiger partial charge on any atom is 0.335 e. The van der Waals surface area contributed by atoms with E-state index in [2.05, 4.69) is 4.98 Å².